The van der Waals surface area contributed by atoms with E-state index >= 15 is 0 Å². The quantitative estimate of drug-likeness (QED) is 0.733. The van der Waals surface area contributed by atoms with Crippen molar-refractivity contribution in [2.24, 2.45) is 0 Å². The molecule has 0 N–H and O–H groups in total. The Bertz CT molecular complexity index is 659. The van der Waals surface area contributed by atoms with E-state index in [0.29, 0.717) is 0 Å². The fourth-order valence-corrected chi connectivity index (χ4v) is 2.65. The molecule has 0 aliphatic carbocycles. The van der Waals surface area contributed by atoms with Crippen LogP contribution in [0.5, 0.6) is 11.5 Å². The van der Waals surface area contributed by atoms with Gasteiger partial charge in [0.15, 0.2) is 0 Å². The Kier molecular flexibility index (Phi) is 3.83. The number of benzene rings is 2. The van der Waals surface area contributed by atoms with E-state index in [1.807, 2.05) is 48.5 Å². The van der Waals surface area contributed by atoms with Crippen LogP contribution in [-0.4, -0.2) is 23.0 Å². The van der Waals surface area contributed by atoms with Crippen LogP contribution < -0.4 is 9.47 Å². The first-order valence-electron chi connectivity index (χ1n) is 6.43. The zero-order chi connectivity index (χ0) is 14.7. The minimum atomic E-state index is 0.827. The summed E-state index contributed by atoms with van der Waals surface area (Å²) in [7, 11) is 3.31. The number of rotatable bonds is 4. The van der Waals surface area contributed by atoms with Gasteiger partial charge < -0.3 is 9.47 Å². The second-order valence-electron chi connectivity index (χ2n) is 4.42. The molecule has 1 heterocycles. The summed E-state index contributed by atoms with van der Waals surface area (Å²) in [5.74, 6) is 1.65. The third kappa shape index (κ3) is 2.73. The van der Waals surface area contributed by atoms with Gasteiger partial charge in [-0.25, -0.2) is 0 Å². The van der Waals surface area contributed by atoms with Gasteiger partial charge in [-0.2, -0.15) is 8.75 Å². The summed E-state index contributed by atoms with van der Waals surface area (Å²) in [4.78, 5) is 0. The molecule has 3 aromatic rings. The molecule has 0 bridgehead atoms. The van der Waals surface area contributed by atoms with Crippen LogP contribution in [0.4, 0.5) is 0 Å². The van der Waals surface area contributed by atoms with Crippen LogP contribution in [0, 0.1) is 0 Å². The molecule has 0 amide bonds. The van der Waals surface area contributed by atoms with E-state index in [2.05, 4.69) is 8.75 Å². The van der Waals surface area contributed by atoms with Crippen molar-refractivity contribution in [3.05, 3.63) is 48.5 Å². The number of hydrogen-bond donors (Lipinski definition) is 0. The van der Waals surface area contributed by atoms with Gasteiger partial charge in [0.25, 0.3) is 0 Å². The first-order valence-corrected chi connectivity index (χ1v) is 7.16. The lowest BCUT2D eigenvalue weighted by Gasteiger charge is -2.04. The molecule has 0 atom stereocenters. The highest BCUT2D eigenvalue weighted by Crippen LogP contribution is 2.31. The maximum atomic E-state index is 5.18. The van der Waals surface area contributed by atoms with E-state index < -0.39 is 0 Å². The second-order valence-corrected chi connectivity index (χ2v) is 4.95. The Morgan fingerprint density at radius 3 is 1.38 bits per heavy atom. The van der Waals surface area contributed by atoms with Crippen molar-refractivity contribution in [3.63, 3.8) is 0 Å². The van der Waals surface area contributed by atoms with Gasteiger partial charge in [0.05, 0.1) is 25.9 Å². The molecule has 0 spiro atoms. The molecule has 1 aromatic heterocycles. The zero-order valence-corrected chi connectivity index (χ0v) is 12.6. The lowest BCUT2D eigenvalue weighted by molar-refractivity contribution is 0.414. The largest absolute Gasteiger partial charge is 0.497 e. The molecule has 0 radical (unpaired) electrons. The molecule has 0 fully saturated rings. The van der Waals surface area contributed by atoms with Gasteiger partial charge in [-0.15, -0.1) is 0 Å². The van der Waals surface area contributed by atoms with Crippen LogP contribution in [0.1, 0.15) is 0 Å². The lowest BCUT2D eigenvalue weighted by Crippen LogP contribution is -1.87. The predicted molar refractivity (Wildman–Crippen MR) is 83.9 cm³/mol. The van der Waals surface area contributed by atoms with Crippen molar-refractivity contribution in [3.8, 4) is 34.0 Å². The predicted octanol–water partition coefficient (Wildman–Crippen LogP) is 3.89. The van der Waals surface area contributed by atoms with Crippen LogP contribution in [0.15, 0.2) is 48.5 Å². The molecule has 2 aromatic carbocycles. The van der Waals surface area contributed by atoms with Crippen molar-refractivity contribution >= 4 is 11.7 Å². The van der Waals surface area contributed by atoms with Crippen molar-refractivity contribution in [2.75, 3.05) is 14.2 Å². The smallest absolute Gasteiger partial charge is 0.118 e. The van der Waals surface area contributed by atoms with Crippen molar-refractivity contribution in [1.29, 1.82) is 0 Å². The number of nitrogens with zero attached hydrogens (tertiary/aromatic N) is 2. The average molecular weight is 298 g/mol. The van der Waals surface area contributed by atoms with E-state index in [9.17, 15) is 0 Å². The van der Waals surface area contributed by atoms with Gasteiger partial charge in [0.2, 0.25) is 0 Å². The van der Waals surface area contributed by atoms with E-state index in [4.69, 9.17) is 9.47 Å². The van der Waals surface area contributed by atoms with Gasteiger partial charge in [0.1, 0.15) is 22.9 Å². The number of aromatic nitrogens is 2. The fourth-order valence-electron chi connectivity index (χ4n) is 2.07. The summed E-state index contributed by atoms with van der Waals surface area (Å²) in [5.41, 5.74) is 3.81. The molecular weight excluding hydrogens is 284 g/mol. The molecule has 3 rings (SSSR count). The minimum Gasteiger partial charge on any atom is -0.497 e. The van der Waals surface area contributed by atoms with Crippen LogP contribution >= 0.6 is 11.7 Å². The Hall–Kier alpha value is -2.40. The molecule has 0 saturated carbocycles. The summed E-state index contributed by atoms with van der Waals surface area (Å²) in [6.07, 6.45) is 0. The molecule has 0 unspecified atom stereocenters. The summed E-state index contributed by atoms with van der Waals surface area (Å²) >= 11 is 1.21. The Morgan fingerprint density at radius 1 is 0.667 bits per heavy atom. The van der Waals surface area contributed by atoms with Crippen LogP contribution in [0.3, 0.4) is 0 Å². The third-order valence-corrected chi connectivity index (χ3v) is 3.74. The van der Waals surface area contributed by atoms with Crippen molar-refractivity contribution < 1.29 is 9.47 Å². The maximum absolute atomic E-state index is 5.18. The number of ether oxygens (including phenoxy) is 2. The molecular formula is C16H14N2O2S. The topological polar surface area (TPSA) is 44.2 Å². The summed E-state index contributed by atoms with van der Waals surface area (Å²) < 4.78 is 19.2. The van der Waals surface area contributed by atoms with Crippen LogP contribution in [0.25, 0.3) is 22.5 Å². The number of methoxy groups -OCH3 is 2. The lowest BCUT2D eigenvalue weighted by atomic mass is 10.0. The van der Waals surface area contributed by atoms with Crippen LogP contribution in [-0.2, 0) is 0 Å². The van der Waals surface area contributed by atoms with E-state index in [-0.39, 0.29) is 0 Å². The molecule has 21 heavy (non-hydrogen) atoms. The Morgan fingerprint density at radius 2 is 1.05 bits per heavy atom. The third-order valence-electron chi connectivity index (χ3n) is 3.22. The summed E-state index contributed by atoms with van der Waals surface area (Å²) in [6.45, 7) is 0. The molecule has 106 valence electrons. The molecule has 0 aliphatic heterocycles. The normalized spacial score (nSPS) is 10.4. The molecule has 0 saturated heterocycles. The van der Waals surface area contributed by atoms with E-state index in [0.717, 1.165) is 34.0 Å². The van der Waals surface area contributed by atoms with Gasteiger partial charge in [0, 0.05) is 11.1 Å². The van der Waals surface area contributed by atoms with Gasteiger partial charge >= 0.3 is 0 Å². The first kappa shape index (κ1) is 13.6. The standard InChI is InChI=1S/C16H14N2O2S/c1-19-13-7-3-11(4-8-13)15-16(18-21-17-15)12-5-9-14(20-2)10-6-12/h3-10H,1-2H3. The van der Waals surface area contributed by atoms with E-state index in [1.165, 1.54) is 11.7 Å². The maximum Gasteiger partial charge on any atom is 0.118 e. The fraction of sp³-hybridized carbons (Fsp3) is 0.125. The molecule has 0 aliphatic rings. The van der Waals surface area contributed by atoms with Gasteiger partial charge in [-0.3, -0.25) is 0 Å². The first-order chi connectivity index (χ1) is 10.3. The molecule has 5 heteroatoms. The van der Waals surface area contributed by atoms with E-state index in [1.54, 1.807) is 14.2 Å². The Balaban J connectivity index is 1.99. The zero-order valence-electron chi connectivity index (χ0n) is 11.7. The highest BCUT2D eigenvalue weighted by Gasteiger charge is 2.12. The highest BCUT2D eigenvalue weighted by atomic mass is 32.1. The Labute approximate surface area is 127 Å². The average Bonchev–Trinajstić information content (AvgIpc) is 3.04. The second kappa shape index (κ2) is 5.93. The minimum absolute atomic E-state index is 0.827. The van der Waals surface area contributed by atoms with Gasteiger partial charge in [-0.05, 0) is 48.5 Å². The highest BCUT2D eigenvalue weighted by molar-refractivity contribution is 6.99. The summed E-state index contributed by atoms with van der Waals surface area (Å²) in [6, 6.07) is 15.6. The molecule has 4 nitrogen and oxygen atoms in total. The van der Waals surface area contributed by atoms with Crippen LogP contribution in [0.2, 0.25) is 0 Å². The number of hydrogen-bond acceptors (Lipinski definition) is 5. The monoisotopic (exact) mass is 298 g/mol. The van der Waals surface area contributed by atoms with Crippen molar-refractivity contribution in [2.45, 2.75) is 0 Å². The SMILES string of the molecule is COc1ccc(-c2nsnc2-c2ccc(OC)cc2)cc1. The summed E-state index contributed by atoms with van der Waals surface area (Å²) in [5, 5.41) is 0. The van der Waals surface area contributed by atoms with Gasteiger partial charge in [-0.1, -0.05) is 0 Å². The van der Waals surface area contributed by atoms with Crippen molar-refractivity contribution in [1.82, 2.24) is 8.75 Å².